The summed E-state index contributed by atoms with van der Waals surface area (Å²) in [5.74, 6) is 1.60. The minimum absolute atomic E-state index is 0.329. The highest BCUT2D eigenvalue weighted by Crippen LogP contribution is 2.21. The number of hydrogen-bond donors (Lipinski definition) is 0. The van der Waals surface area contributed by atoms with Crippen molar-refractivity contribution in [2.45, 2.75) is 13.3 Å². The van der Waals surface area contributed by atoms with E-state index in [-0.39, 0.29) is 0 Å². The van der Waals surface area contributed by atoms with E-state index in [0.717, 1.165) is 22.6 Å². The molecule has 4 nitrogen and oxygen atoms in total. The molecule has 0 bridgehead atoms. The second kappa shape index (κ2) is 4.23. The number of nitrogens with zero attached hydrogens (tertiary/aromatic N) is 3. The van der Waals surface area contributed by atoms with Gasteiger partial charge in [0.15, 0.2) is 0 Å². The third kappa shape index (κ3) is 1.72. The van der Waals surface area contributed by atoms with Gasteiger partial charge in [-0.25, -0.2) is 4.98 Å². The number of hydrogen-bond acceptors (Lipinski definition) is 3. The molecule has 0 atom stereocenters. The zero-order chi connectivity index (χ0) is 11.5. The van der Waals surface area contributed by atoms with Crippen molar-refractivity contribution in [2.75, 3.05) is 6.61 Å². The first-order chi connectivity index (χ1) is 7.76. The maximum atomic E-state index is 8.68. The van der Waals surface area contributed by atoms with Crippen LogP contribution in [0.2, 0.25) is 0 Å². The Bertz CT molecular complexity index is 551. The Kier molecular flexibility index (Phi) is 2.78. The fourth-order valence-corrected chi connectivity index (χ4v) is 1.71. The molecule has 0 aliphatic rings. The molecule has 4 heteroatoms. The van der Waals surface area contributed by atoms with Crippen molar-refractivity contribution < 1.29 is 4.74 Å². The average Bonchev–Trinajstić information content (AvgIpc) is 2.57. The second-order valence-electron chi connectivity index (χ2n) is 3.51. The summed E-state index contributed by atoms with van der Waals surface area (Å²) < 4.78 is 7.35. The minimum Gasteiger partial charge on any atom is -0.494 e. The van der Waals surface area contributed by atoms with Crippen molar-refractivity contribution in [1.29, 1.82) is 5.26 Å². The van der Waals surface area contributed by atoms with Crippen LogP contribution in [0.15, 0.2) is 18.2 Å². The standard InChI is InChI=1S/C12H13N3O/c1-3-16-9-4-5-11-10(8-9)14-12(6-7-13)15(11)2/h4-5,8H,3,6H2,1-2H3. The zero-order valence-electron chi connectivity index (χ0n) is 9.40. The molecular weight excluding hydrogens is 202 g/mol. The normalized spacial score (nSPS) is 10.3. The van der Waals surface area contributed by atoms with E-state index in [1.165, 1.54) is 0 Å². The second-order valence-corrected chi connectivity index (χ2v) is 3.51. The summed E-state index contributed by atoms with van der Waals surface area (Å²) in [6.07, 6.45) is 0.329. The van der Waals surface area contributed by atoms with Gasteiger partial charge in [0.1, 0.15) is 11.6 Å². The van der Waals surface area contributed by atoms with Crippen molar-refractivity contribution in [1.82, 2.24) is 9.55 Å². The van der Waals surface area contributed by atoms with E-state index in [2.05, 4.69) is 11.1 Å². The Morgan fingerprint density at radius 2 is 2.31 bits per heavy atom. The molecule has 0 radical (unpaired) electrons. The predicted molar refractivity (Wildman–Crippen MR) is 61.2 cm³/mol. The van der Waals surface area contributed by atoms with Gasteiger partial charge >= 0.3 is 0 Å². The molecular formula is C12H13N3O. The summed E-state index contributed by atoms with van der Waals surface area (Å²) in [6, 6.07) is 7.90. The van der Waals surface area contributed by atoms with Gasteiger partial charge in [-0.05, 0) is 19.1 Å². The first kappa shape index (κ1) is 10.5. The summed E-state index contributed by atoms with van der Waals surface area (Å²) in [5.41, 5.74) is 1.90. The average molecular weight is 215 g/mol. The smallest absolute Gasteiger partial charge is 0.123 e. The number of ether oxygens (including phenoxy) is 1. The lowest BCUT2D eigenvalue weighted by atomic mass is 10.3. The van der Waals surface area contributed by atoms with E-state index in [9.17, 15) is 0 Å². The van der Waals surface area contributed by atoms with Crippen LogP contribution in [0.5, 0.6) is 5.75 Å². The molecule has 1 aromatic heterocycles. The summed E-state index contributed by atoms with van der Waals surface area (Å²) in [7, 11) is 1.92. The molecule has 0 fully saturated rings. The minimum atomic E-state index is 0.329. The van der Waals surface area contributed by atoms with E-state index in [1.54, 1.807) is 0 Å². The highest BCUT2D eigenvalue weighted by molar-refractivity contribution is 5.77. The quantitative estimate of drug-likeness (QED) is 0.787. The molecule has 0 unspecified atom stereocenters. The molecule has 0 saturated heterocycles. The van der Waals surface area contributed by atoms with Gasteiger partial charge in [0.2, 0.25) is 0 Å². The van der Waals surface area contributed by atoms with Gasteiger partial charge in [0, 0.05) is 13.1 Å². The number of nitriles is 1. The Morgan fingerprint density at radius 3 is 3.00 bits per heavy atom. The molecule has 1 heterocycles. The molecule has 0 aliphatic heterocycles. The summed E-state index contributed by atoms with van der Waals surface area (Å²) in [5, 5.41) is 8.68. The Morgan fingerprint density at radius 1 is 1.50 bits per heavy atom. The van der Waals surface area contributed by atoms with Gasteiger partial charge in [0.05, 0.1) is 30.1 Å². The van der Waals surface area contributed by atoms with Crippen LogP contribution in [-0.4, -0.2) is 16.2 Å². The lowest BCUT2D eigenvalue weighted by Gasteiger charge is -2.02. The van der Waals surface area contributed by atoms with E-state index in [0.29, 0.717) is 13.0 Å². The lowest BCUT2D eigenvalue weighted by molar-refractivity contribution is 0.340. The van der Waals surface area contributed by atoms with E-state index in [1.807, 2.05) is 36.7 Å². The number of rotatable bonds is 3. The lowest BCUT2D eigenvalue weighted by Crippen LogP contribution is -1.95. The Balaban J connectivity index is 2.50. The van der Waals surface area contributed by atoms with Gasteiger partial charge in [-0.1, -0.05) is 0 Å². The van der Waals surface area contributed by atoms with Crippen molar-refractivity contribution in [2.24, 2.45) is 7.05 Å². The van der Waals surface area contributed by atoms with Crippen LogP contribution >= 0.6 is 0 Å². The molecule has 82 valence electrons. The maximum absolute atomic E-state index is 8.68. The molecule has 1 aromatic carbocycles. The number of benzene rings is 1. The fourth-order valence-electron chi connectivity index (χ4n) is 1.71. The van der Waals surface area contributed by atoms with E-state index in [4.69, 9.17) is 10.00 Å². The topological polar surface area (TPSA) is 50.8 Å². The Hall–Kier alpha value is -2.02. The van der Waals surface area contributed by atoms with Crippen LogP contribution in [-0.2, 0) is 13.5 Å². The van der Waals surface area contributed by atoms with Gasteiger partial charge < -0.3 is 9.30 Å². The van der Waals surface area contributed by atoms with Gasteiger partial charge in [0.25, 0.3) is 0 Å². The monoisotopic (exact) mass is 215 g/mol. The number of aromatic nitrogens is 2. The van der Waals surface area contributed by atoms with E-state index < -0.39 is 0 Å². The van der Waals surface area contributed by atoms with Crippen LogP contribution in [0.1, 0.15) is 12.7 Å². The van der Waals surface area contributed by atoms with Crippen LogP contribution < -0.4 is 4.74 Å². The summed E-state index contributed by atoms with van der Waals surface area (Å²) in [4.78, 5) is 4.41. The van der Waals surface area contributed by atoms with E-state index >= 15 is 0 Å². The molecule has 2 aromatic rings. The molecule has 0 N–H and O–H groups in total. The molecule has 0 saturated carbocycles. The highest BCUT2D eigenvalue weighted by atomic mass is 16.5. The zero-order valence-corrected chi connectivity index (χ0v) is 9.40. The van der Waals surface area contributed by atoms with Crippen LogP contribution in [0.3, 0.4) is 0 Å². The third-order valence-electron chi connectivity index (χ3n) is 2.49. The van der Waals surface area contributed by atoms with Crippen molar-refractivity contribution in [3.8, 4) is 11.8 Å². The molecule has 0 amide bonds. The number of fused-ring (bicyclic) bond motifs is 1. The Labute approximate surface area is 94.1 Å². The maximum Gasteiger partial charge on any atom is 0.123 e. The van der Waals surface area contributed by atoms with Crippen LogP contribution in [0.4, 0.5) is 0 Å². The first-order valence-electron chi connectivity index (χ1n) is 5.21. The predicted octanol–water partition coefficient (Wildman–Crippen LogP) is 2.04. The van der Waals surface area contributed by atoms with Gasteiger partial charge in [-0.15, -0.1) is 0 Å². The van der Waals surface area contributed by atoms with Crippen molar-refractivity contribution >= 4 is 11.0 Å². The SMILES string of the molecule is CCOc1ccc2c(c1)nc(CC#N)n2C. The fraction of sp³-hybridized carbons (Fsp3) is 0.333. The first-order valence-corrected chi connectivity index (χ1v) is 5.21. The molecule has 0 spiro atoms. The van der Waals surface area contributed by atoms with Gasteiger partial charge in [-0.3, -0.25) is 0 Å². The molecule has 0 aliphatic carbocycles. The molecule has 2 rings (SSSR count). The largest absolute Gasteiger partial charge is 0.494 e. The number of aryl methyl sites for hydroxylation is 1. The van der Waals surface area contributed by atoms with Crippen molar-refractivity contribution in [3.05, 3.63) is 24.0 Å². The van der Waals surface area contributed by atoms with Crippen LogP contribution in [0, 0.1) is 11.3 Å². The van der Waals surface area contributed by atoms with Crippen LogP contribution in [0.25, 0.3) is 11.0 Å². The number of imidazole rings is 1. The highest BCUT2D eigenvalue weighted by Gasteiger charge is 2.07. The van der Waals surface area contributed by atoms with Gasteiger partial charge in [-0.2, -0.15) is 5.26 Å². The third-order valence-corrected chi connectivity index (χ3v) is 2.49. The molecule has 16 heavy (non-hydrogen) atoms. The summed E-state index contributed by atoms with van der Waals surface area (Å²) >= 11 is 0. The van der Waals surface area contributed by atoms with Crippen molar-refractivity contribution in [3.63, 3.8) is 0 Å². The summed E-state index contributed by atoms with van der Waals surface area (Å²) in [6.45, 7) is 2.59.